The summed E-state index contributed by atoms with van der Waals surface area (Å²) < 4.78 is 16.1. The van der Waals surface area contributed by atoms with Gasteiger partial charge in [0.2, 0.25) is 0 Å². The number of nitrogens with zero attached hydrogens (tertiary/aromatic N) is 2. The Kier molecular flexibility index (Phi) is 9.94. The van der Waals surface area contributed by atoms with Gasteiger partial charge in [0, 0.05) is 74.5 Å². The van der Waals surface area contributed by atoms with Crippen molar-refractivity contribution in [3.63, 3.8) is 0 Å². The van der Waals surface area contributed by atoms with Crippen molar-refractivity contribution in [3.05, 3.63) is 107 Å². The molecule has 0 aromatic carbocycles. The fourth-order valence-electron chi connectivity index (χ4n) is 5.23. The predicted molar refractivity (Wildman–Crippen MR) is 172 cm³/mol. The summed E-state index contributed by atoms with van der Waals surface area (Å²) in [6, 6.07) is 7.87. The number of fused-ring (bicyclic) bond motifs is 1. The number of allylic oxidation sites excluding steroid dienone is 5. The van der Waals surface area contributed by atoms with Crippen molar-refractivity contribution in [2.24, 2.45) is 11.7 Å². The first-order chi connectivity index (χ1) is 19.9. The number of pyridine rings is 2. The van der Waals surface area contributed by atoms with Crippen molar-refractivity contribution in [2.75, 3.05) is 5.32 Å². The quantitative estimate of drug-likeness (QED) is 0.140. The number of halogens is 1. The van der Waals surface area contributed by atoms with Crippen molar-refractivity contribution < 1.29 is 4.39 Å². The van der Waals surface area contributed by atoms with Crippen LogP contribution in [0.25, 0.3) is 27.7 Å². The number of aromatic nitrogens is 3. The van der Waals surface area contributed by atoms with Crippen LogP contribution < -0.4 is 11.1 Å². The smallest absolute Gasteiger partial charge is 0.136 e. The van der Waals surface area contributed by atoms with Crippen molar-refractivity contribution in [1.82, 2.24) is 15.0 Å². The molecule has 41 heavy (non-hydrogen) atoms. The van der Waals surface area contributed by atoms with Gasteiger partial charge in [-0.05, 0) is 55.3 Å². The number of rotatable bonds is 9. The zero-order chi connectivity index (χ0) is 29.4. The molecule has 1 saturated carbocycles. The van der Waals surface area contributed by atoms with E-state index in [1.54, 1.807) is 42.9 Å². The molecule has 0 amide bonds. The van der Waals surface area contributed by atoms with E-state index in [2.05, 4.69) is 51.7 Å². The fourth-order valence-corrected chi connectivity index (χ4v) is 5.87. The van der Waals surface area contributed by atoms with Crippen LogP contribution in [-0.4, -0.2) is 15.0 Å². The van der Waals surface area contributed by atoms with Crippen LogP contribution in [0.1, 0.15) is 50.3 Å². The summed E-state index contributed by atoms with van der Waals surface area (Å²) in [5.41, 5.74) is 13.4. The molecule has 0 atom stereocenters. The molecule has 7 heteroatoms. The zero-order valence-corrected chi connectivity index (χ0v) is 24.2. The molecule has 4 aromatic rings. The van der Waals surface area contributed by atoms with Gasteiger partial charge in [-0.1, -0.05) is 38.5 Å². The number of terminal acetylenes is 1. The van der Waals surface area contributed by atoms with E-state index in [-0.39, 0.29) is 12.0 Å². The molecule has 0 spiro atoms. The van der Waals surface area contributed by atoms with Crippen LogP contribution in [0.15, 0.2) is 95.6 Å². The first-order valence-corrected chi connectivity index (χ1v) is 14.6. The van der Waals surface area contributed by atoms with Gasteiger partial charge in [-0.15, -0.1) is 12.8 Å². The number of anilines is 1. The van der Waals surface area contributed by atoms with E-state index in [0.717, 1.165) is 52.1 Å². The minimum Gasteiger partial charge on any atom is -0.399 e. The van der Waals surface area contributed by atoms with Crippen molar-refractivity contribution >= 4 is 33.5 Å². The Bertz CT molecular complexity index is 1600. The van der Waals surface area contributed by atoms with E-state index >= 15 is 4.39 Å². The summed E-state index contributed by atoms with van der Waals surface area (Å²) in [6.07, 6.45) is 21.2. The number of aromatic amines is 1. The summed E-state index contributed by atoms with van der Waals surface area (Å²) >= 11 is 1.63. The number of thiophene rings is 1. The van der Waals surface area contributed by atoms with Gasteiger partial charge in [-0.3, -0.25) is 9.97 Å². The van der Waals surface area contributed by atoms with Crippen molar-refractivity contribution in [1.29, 1.82) is 0 Å². The van der Waals surface area contributed by atoms with Crippen LogP contribution in [0.2, 0.25) is 0 Å². The predicted octanol–water partition coefficient (Wildman–Crippen LogP) is 8.78. The maximum atomic E-state index is 16.1. The lowest BCUT2D eigenvalue weighted by molar-refractivity contribution is 0.405. The van der Waals surface area contributed by atoms with Gasteiger partial charge < -0.3 is 16.0 Å². The number of H-pyrrole nitrogens is 1. The highest BCUT2D eigenvalue weighted by atomic mass is 32.1. The van der Waals surface area contributed by atoms with Gasteiger partial charge in [0.25, 0.3) is 0 Å². The molecule has 1 fully saturated rings. The fraction of sp³-hybridized carbons (Fsp3) is 0.235. The lowest BCUT2D eigenvalue weighted by Gasteiger charge is -2.24. The van der Waals surface area contributed by atoms with E-state index in [4.69, 9.17) is 5.73 Å². The molecule has 1 aliphatic rings. The minimum absolute atomic E-state index is 0.242. The Morgan fingerprint density at radius 3 is 2.68 bits per heavy atom. The van der Waals surface area contributed by atoms with Gasteiger partial charge in [-0.2, -0.15) is 11.3 Å². The average Bonchev–Trinajstić information content (AvgIpc) is 3.70. The molecule has 4 aromatic heterocycles. The Morgan fingerprint density at radius 1 is 1.20 bits per heavy atom. The largest absolute Gasteiger partial charge is 0.399 e. The lowest BCUT2D eigenvalue weighted by Crippen LogP contribution is -2.14. The highest BCUT2D eigenvalue weighted by Crippen LogP contribution is 2.34. The molecule has 4 N–H and O–H groups in total. The highest BCUT2D eigenvalue weighted by Gasteiger charge is 2.19. The van der Waals surface area contributed by atoms with E-state index in [0.29, 0.717) is 22.8 Å². The molecule has 0 radical (unpaired) electrons. The van der Waals surface area contributed by atoms with Crippen molar-refractivity contribution in [2.45, 2.75) is 45.4 Å². The van der Waals surface area contributed by atoms with Crippen molar-refractivity contribution in [3.8, 4) is 24.1 Å². The molecule has 5 rings (SSSR count). The standard InChI is InChI=1S/C32H34FN5S.C2H2/c1-4-29(34)27(15-25-16-28-30(38-25)10-12-36-32(28)23-11-13-39-19-23)31(33)20(2)24-14-26(18-35-17-24)37-21(3)22-8-6-5-7-9-22;1-2/h4,10-14,16-19,22,37-38H,2-3,5-9,15,34H2,1H3;1-2H/b29-4+,31-27+;. The number of nitrogens with two attached hydrogens (primary N) is 1. The first kappa shape index (κ1) is 29.6. The van der Waals surface area contributed by atoms with Crippen LogP contribution >= 0.6 is 11.3 Å². The van der Waals surface area contributed by atoms with Crippen LogP contribution in [0.4, 0.5) is 10.1 Å². The maximum Gasteiger partial charge on any atom is 0.136 e. The molecule has 0 aliphatic heterocycles. The van der Waals surface area contributed by atoms with E-state index < -0.39 is 5.83 Å². The summed E-state index contributed by atoms with van der Waals surface area (Å²) in [5.74, 6) is 0.000546. The molecule has 210 valence electrons. The molecular weight excluding hydrogens is 529 g/mol. The maximum absolute atomic E-state index is 16.1. The van der Waals surface area contributed by atoms with Crippen LogP contribution in [0, 0.1) is 18.8 Å². The third-order valence-corrected chi connectivity index (χ3v) is 8.13. The highest BCUT2D eigenvalue weighted by molar-refractivity contribution is 7.08. The summed E-state index contributed by atoms with van der Waals surface area (Å²) in [4.78, 5) is 12.4. The van der Waals surface area contributed by atoms with Crippen LogP contribution in [-0.2, 0) is 6.42 Å². The first-order valence-electron chi connectivity index (χ1n) is 13.7. The SMILES string of the molecule is C#C.C=C(/C(F)=C(Cc1cc2c(-c3ccsc3)nccc2[nH]1)\C(N)=C/C)c1cncc(NC(=C)C2CCCCC2)c1. The number of hydrogen-bond donors (Lipinski definition) is 3. The second-order valence-corrected chi connectivity index (χ2v) is 10.8. The topological polar surface area (TPSA) is 79.6 Å². The second kappa shape index (κ2) is 13.8. The lowest BCUT2D eigenvalue weighted by atomic mass is 9.87. The second-order valence-electron chi connectivity index (χ2n) is 10.1. The number of hydrogen-bond acceptors (Lipinski definition) is 5. The Balaban J connectivity index is 0.00000189. The molecule has 1 aliphatic carbocycles. The molecule has 0 bridgehead atoms. The number of nitrogens with one attached hydrogen (secondary N) is 2. The summed E-state index contributed by atoms with van der Waals surface area (Å²) in [5, 5.41) is 8.49. The monoisotopic (exact) mass is 565 g/mol. The molecular formula is C34H36FN5S. The Labute approximate surface area is 245 Å². The third kappa shape index (κ3) is 6.85. The van der Waals surface area contributed by atoms with Gasteiger partial charge in [0.15, 0.2) is 0 Å². The summed E-state index contributed by atoms with van der Waals surface area (Å²) in [7, 11) is 0. The van der Waals surface area contributed by atoms with Gasteiger partial charge in [-0.25, -0.2) is 4.39 Å². The molecule has 0 saturated heterocycles. The Hall–Kier alpha value is -4.41. The van der Waals surface area contributed by atoms with Crippen LogP contribution in [0.5, 0.6) is 0 Å². The van der Waals surface area contributed by atoms with Gasteiger partial charge >= 0.3 is 0 Å². The summed E-state index contributed by atoms with van der Waals surface area (Å²) in [6.45, 7) is 10.1. The minimum atomic E-state index is -0.453. The molecule has 4 heterocycles. The van der Waals surface area contributed by atoms with Gasteiger partial charge in [0.05, 0.1) is 17.6 Å². The molecule has 0 unspecified atom stereocenters. The van der Waals surface area contributed by atoms with E-state index in [1.165, 1.54) is 19.3 Å². The van der Waals surface area contributed by atoms with E-state index in [9.17, 15) is 0 Å². The van der Waals surface area contributed by atoms with Gasteiger partial charge in [0.1, 0.15) is 5.83 Å². The van der Waals surface area contributed by atoms with Crippen LogP contribution in [0.3, 0.4) is 0 Å². The zero-order valence-electron chi connectivity index (χ0n) is 23.4. The Morgan fingerprint density at radius 2 is 1.98 bits per heavy atom. The van der Waals surface area contributed by atoms with E-state index in [1.807, 2.05) is 29.6 Å². The normalized spacial score (nSPS) is 14.6. The third-order valence-electron chi connectivity index (χ3n) is 7.44. The average molecular weight is 566 g/mol. The molecule has 5 nitrogen and oxygen atoms in total.